The van der Waals surface area contributed by atoms with Gasteiger partial charge in [0.05, 0.1) is 0 Å². The highest BCUT2D eigenvalue weighted by Gasteiger charge is 2.23. The van der Waals surface area contributed by atoms with Gasteiger partial charge in [-0.2, -0.15) is 11.8 Å². The van der Waals surface area contributed by atoms with E-state index in [0.717, 1.165) is 31.2 Å². The lowest BCUT2D eigenvalue weighted by atomic mass is 10.3. The summed E-state index contributed by atoms with van der Waals surface area (Å²) in [5, 5.41) is 1.82. The van der Waals surface area contributed by atoms with Crippen LogP contribution in [0.5, 0.6) is 0 Å². The zero-order valence-corrected chi connectivity index (χ0v) is 12.1. The molecule has 0 spiro atoms. The first-order chi connectivity index (χ1) is 8.08. The summed E-state index contributed by atoms with van der Waals surface area (Å²) in [5.41, 5.74) is 0. The maximum Gasteiger partial charge on any atom is 0.134 e. The Bertz CT molecular complexity index is 389. The van der Waals surface area contributed by atoms with Gasteiger partial charge in [-0.3, -0.25) is 0 Å². The van der Waals surface area contributed by atoms with E-state index in [2.05, 4.69) is 28.7 Å². The van der Waals surface area contributed by atoms with Gasteiger partial charge in [0.15, 0.2) is 0 Å². The molecule has 2 rings (SSSR count). The normalized spacial score (nSPS) is 25.1. The zero-order valence-electron chi connectivity index (χ0n) is 10.5. The van der Waals surface area contributed by atoms with Crippen LogP contribution in [-0.2, 0) is 6.42 Å². The number of rotatable bonds is 2. The van der Waals surface area contributed by atoms with Crippen LogP contribution in [0, 0.1) is 0 Å². The van der Waals surface area contributed by atoms with Gasteiger partial charge in [-0.15, -0.1) is 0 Å². The number of nitrogens with zero attached hydrogens (tertiary/aromatic N) is 3. The molecule has 3 nitrogen and oxygen atoms in total. The molecular formula is C12H18ClN3S. The van der Waals surface area contributed by atoms with E-state index in [0.29, 0.717) is 15.7 Å². The molecule has 1 aliphatic heterocycles. The molecule has 0 aromatic carbocycles. The molecule has 94 valence electrons. The number of hydrogen-bond donors (Lipinski definition) is 0. The predicted molar refractivity (Wildman–Crippen MR) is 75.1 cm³/mol. The fourth-order valence-corrected chi connectivity index (χ4v) is 3.66. The molecule has 2 atom stereocenters. The lowest BCUT2D eigenvalue weighted by molar-refractivity contribution is 0.713. The van der Waals surface area contributed by atoms with Crippen LogP contribution in [0.3, 0.4) is 0 Å². The summed E-state index contributed by atoms with van der Waals surface area (Å²) in [7, 11) is 0. The smallest absolute Gasteiger partial charge is 0.134 e. The van der Waals surface area contributed by atoms with Crippen LogP contribution in [0.15, 0.2) is 6.07 Å². The van der Waals surface area contributed by atoms with Crippen LogP contribution < -0.4 is 4.90 Å². The molecule has 0 aliphatic carbocycles. The zero-order chi connectivity index (χ0) is 12.4. The van der Waals surface area contributed by atoms with Gasteiger partial charge in [0.25, 0.3) is 0 Å². The number of anilines is 1. The second-order valence-electron chi connectivity index (χ2n) is 4.48. The van der Waals surface area contributed by atoms with Gasteiger partial charge in [-0.25, -0.2) is 9.97 Å². The first kappa shape index (κ1) is 13.0. The molecule has 17 heavy (non-hydrogen) atoms. The third-order valence-corrected chi connectivity index (χ3v) is 4.21. The summed E-state index contributed by atoms with van der Waals surface area (Å²) in [6.07, 6.45) is 0.821. The Morgan fingerprint density at radius 1 is 1.35 bits per heavy atom. The molecule has 1 aromatic rings. The van der Waals surface area contributed by atoms with Crippen molar-refractivity contribution in [2.24, 2.45) is 0 Å². The lowest BCUT2D eigenvalue weighted by Gasteiger charge is -2.35. The maximum absolute atomic E-state index is 6.04. The Morgan fingerprint density at radius 3 is 2.59 bits per heavy atom. The van der Waals surface area contributed by atoms with E-state index in [1.165, 1.54) is 0 Å². The quantitative estimate of drug-likeness (QED) is 0.774. The monoisotopic (exact) mass is 271 g/mol. The summed E-state index contributed by atoms with van der Waals surface area (Å²) < 4.78 is 0. The third kappa shape index (κ3) is 3.26. The van der Waals surface area contributed by atoms with Crippen LogP contribution >= 0.6 is 23.4 Å². The number of aryl methyl sites for hydroxylation is 1. The average molecular weight is 272 g/mol. The molecule has 0 N–H and O–H groups in total. The van der Waals surface area contributed by atoms with Crippen molar-refractivity contribution < 1.29 is 0 Å². The summed E-state index contributed by atoms with van der Waals surface area (Å²) in [4.78, 5) is 11.1. The minimum Gasteiger partial charge on any atom is -0.354 e. The first-order valence-electron chi connectivity index (χ1n) is 6.02. The van der Waals surface area contributed by atoms with Crippen molar-refractivity contribution >= 4 is 29.2 Å². The van der Waals surface area contributed by atoms with Crippen molar-refractivity contribution in [3.05, 3.63) is 17.0 Å². The van der Waals surface area contributed by atoms with E-state index < -0.39 is 0 Å². The molecule has 1 saturated heterocycles. The van der Waals surface area contributed by atoms with Crippen molar-refractivity contribution in [3.63, 3.8) is 0 Å². The van der Waals surface area contributed by atoms with Gasteiger partial charge in [0.2, 0.25) is 0 Å². The highest BCUT2D eigenvalue weighted by molar-refractivity contribution is 8.00. The summed E-state index contributed by atoms with van der Waals surface area (Å²) in [6.45, 7) is 8.64. The van der Waals surface area contributed by atoms with Crippen LogP contribution in [0.1, 0.15) is 26.6 Å². The first-order valence-corrected chi connectivity index (χ1v) is 7.34. The fourth-order valence-electron chi connectivity index (χ4n) is 2.14. The Morgan fingerprint density at radius 2 is 2.00 bits per heavy atom. The second-order valence-corrected chi connectivity index (χ2v) is 6.75. The number of thioether (sulfide) groups is 1. The summed E-state index contributed by atoms with van der Waals surface area (Å²) in [5.74, 6) is 1.80. The van der Waals surface area contributed by atoms with E-state index in [1.807, 2.05) is 24.8 Å². The SMILES string of the molecule is CCc1nc(Cl)cc(N2CC(C)SC(C)C2)n1. The van der Waals surface area contributed by atoms with Gasteiger partial charge in [0.1, 0.15) is 16.8 Å². The Kier molecular flexibility index (Phi) is 4.15. The van der Waals surface area contributed by atoms with E-state index in [9.17, 15) is 0 Å². The molecule has 1 fully saturated rings. The van der Waals surface area contributed by atoms with E-state index in [4.69, 9.17) is 11.6 Å². The molecular weight excluding hydrogens is 254 g/mol. The minimum atomic E-state index is 0.547. The fraction of sp³-hybridized carbons (Fsp3) is 0.667. The van der Waals surface area contributed by atoms with Gasteiger partial charge in [0, 0.05) is 36.1 Å². The highest BCUT2D eigenvalue weighted by Crippen LogP contribution is 2.28. The molecule has 1 aliphatic rings. The summed E-state index contributed by atoms with van der Waals surface area (Å²) in [6, 6.07) is 1.87. The number of aromatic nitrogens is 2. The number of halogens is 1. The molecule has 2 unspecified atom stereocenters. The van der Waals surface area contributed by atoms with Gasteiger partial charge in [-0.1, -0.05) is 32.4 Å². The van der Waals surface area contributed by atoms with Crippen molar-refractivity contribution in [2.75, 3.05) is 18.0 Å². The molecule has 0 bridgehead atoms. The minimum absolute atomic E-state index is 0.547. The van der Waals surface area contributed by atoms with E-state index in [-0.39, 0.29) is 0 Å². The third-order valence-electron chi connectivity index (χ3n) is 2.79. The van der Waals surface area contributed by atoms with Gasteiger partial charge < -0.3 is 4.90 Å². The van der Waals surface area contributed by atoms with Crippen molar-refractivity contribution in [1.29, 1.82) is 0 Å². The topological polar surface area (TPSA) is 29.0 Å². The second kappa shape index (κ2) is 5.44. The Labute approximate surface area is 112 Å². The van der Waals surface area contributed by atoms with Crippen LogP contribution in [0.4, 0.5) is 5.82 Å². The average Bonchev–Trinajstić information content (AvgIpc) is 2.26. The number of hydrogen-bond acceptors (Lipinski definition) is 4. The van der Waals surface area contributed by atoms with E-state index >= 15 is 0 Å². The molecule has 2 heterocycles. The van der Waals surface area contributed by atoms with Crippen molar-refractivity contribution in [3.8, 4) is 0 Å². The van der Waals surface area contributed by atoms with Crippen molar-refractivity contribution in [2.45, 2.75) is 37.7 Å². The van der Waals surface area contributed by atoms with Crippen LogP contribution in [0.25, 0.3) is 0 Å². The molecule has 0 amide bonds. The molecule has 0 saturated carbocycles. The highest BCUT2D eigenvalue weighted by atomic mass is 35.5. The molecule has 5 heteroatoms. The van der Waals surface area contributed by atoms with Crippen LogP contribution in [-0.4, -0.2) is 33.6 Å². The van der Waals surface area contributed by atoms with Crippen LogP contribution in [0.2, 0.25) is 5.15 Å². The summed E-state index contributed by atoms with van der Waals surface area (Å²) >= 11 is 8.07. The van der Waals surface area contributed by atoms with Gasteiger partial charge in [-0.05, 0) is 0 Å². The Hall–Kier alpha value is -0.480. The standard InChI is InChI=1S/C12H18ClN3S/c1-4-11-14-10(13)5-12(15-11)16-6-8(2)17-9(3)7-16/h5,8-9H,4,6-7H2,1-3H3. The van der Waals surface area contributed by atoms with E-state index in [1.54, 1.807) is 0 Å². The predicted octanol–water partition coefficient (Wildman–Crippen LogP) is 3.02. The molecule has 1 aromatic heterocycles. The Balaban J connectivity index is 2.23. The maximum atomic E-state index is 6.04. The molecule has 0 radical (unpaired) electrons. The van der Waals surface area contributed by atoms with Gasteiger partial charge >= 0.3 is 0 Å². The van der Waals surface area contributed by atoms with Crippen molar-refractivity contribution in [1.82, 2.24) is 9.97 Å². The largest absolute Gasteiger partial charge is 0.354 e. The lowest BCUT2D eigenvalue weighted by Crippen LogP contribution is -2.41.